The first-order chi connectivity index (χ1) is 19.0. The fourth-order valence-electron chi connectivity index (χ4n) is 9.20. The van der Waals surface area contributed by atoms with Crippen LogP contribution in [0.5, 0.6) is 0 Å². The highest BCUT2D eigenvalue weighted by Crippen LogP contribution is 2.57. The normalized spacial score (nSPS) is 38.9. The molecule has 6 fully saturated rings. The second kappa shape index (κ2) is 7.77. The summed E-state index contributed by atoms with van der Waals surface area (Å²) in [5, 5.41) is 13.8. The Hall–Kier alpha value is -3.08. The Labute approximate surface area is 225 Å². The van der Waals surface area contributed by atoms with E-state index in [2.05, 4.69) is 27.4 Å². The van der Waals surface area contributed by atoms with E-state index in [0.29, 0.717) is 24.0 Å². The highest BCUT2D eigenvalue weighted by atomic mass is 16.8. The zero-order chi connectivity index (χ0) is 25.9. The van der Waals surface area contributed by atoms with E-state index in [9.17, 15) is 9.90 Å². The number of nitrogens with zero attached hydrogens (tertiary/aromatic N) is 4. The lowest BCUT2D eigenvalue weighted by atomic mass is 9.53. The number of hydrogen-bond donors (Lipinski definition) is 2. The number of rotatable bonds is 4. The standard InChI is InChI=1S/C29H31N5O5/c35-27(36)23-21-22(39-29(38-21)11-18-3-1-2-4-19(18)12-29)26(37-23)34-14-32-20-24(30-13-31-25(20)34)33-28-8-15-5-16(9-28)7-17(6-15)10-28/h1-4,13-17,21-23,26H,5-12H2,(H,35,36)(H,30,31,33)/t15?,16?,17?,21?,22-,23-,26+,28?/m0/s1. The van der Waals surface area contributed by atoms with Crippen LogP contribution >= 0.6 is 0 Å². The average Bonchev–Trinajstić information content (AvgIpc) is 3.64. The molecule has 5 aliphatic carbocycles. The molecule has 3 aromatic rings. The van der Waals surface area contributed by atoms with Gasteiger partial charge in [0.25, 0.3) is 0 Å². The van der Waals surface area contributed by atoms with Crippen molar-refractivity contribution in [1.82, 2.24) is 19.5 Å². The number of anilines is 1. The maximum absolute atomic E-state index is 12.2. The van der Waals surface area contributed by atoms with Crippen molar-refractivity contribution in [1.29, 1.82) is 0 Å². The number of fused-ring (bicyclic) bond motifs is 3. The van der Waals surface area contributed by atoms with Crippen LogP contribution in [0, 0.1) is 17.8 Å². The number of carboxylic acids is 1. The molecule has 2 aromatic heterocycles. The smallest absolute Gasteiger partial charge is 0.335 e. The molecule has 202 valence electrons. The van der Waals surface area contributed by atoms with E-state index in [1.54, 1.807) is 17.2 Å². The van der Waals surface area contributed by atoms with Crippen LogP contribution in [0.4, 0.5) is 5.82 Å². The fourth-order valence-corrected chi connectivity index (χ4v) is 9.20. The predicted octanol–water partition coefficient (Wildman–Crippen LogP) is 3.47. The van der Waals surface area contributed by atoms with Gasteiger partial charge in [0.1, 0.15) is 18.5 Å². The summed E-state index contributed by atoms with van der Waals surface area (Å²) in [6.45, 7) is 0. The van der Waals surface area contributed by atoms with Crippen LogP contribution in [0.3, 0.4) is 0 Å². The Balaban J connectivity index is 1.05. The van der Waals surface area contributed by atoms with Crippen LogP contribution in [0.1, 0.15) is 55.9 Å². The van der Waals surface area contributed by atoms with Gasteiger partial charge < -0.3 is 24.6 Å². The number of aliphatic carboxylic acids is 1. The minimum absolute atomic E-state index is 0.0788. The summed E-state index contributed by atoms with van der Waals surface area (Å²) in [7, 11) is 0. The summed E-state index contributed by atoms with van der Waals surface area (Å²) in [5.41, 5.74) is 3.70. The van der Waals surface area contributed by atoms with Crippen LogP contribution in [-0.4, -0.2) is 60.2 Å². The number of imidazole rings is 1. The monoisotopic (exact) mass is 529 g/mol. The zero-order valence-electron chi connectivity index (χ0n) is 21.5. The molecule has 2 saturated heterocycles. The molecular weight excluding hydrogens is 498 g/mol. The molecule has 1 aromatic carbocycles. The molecule has 10 nitrogen and oxygen atoms in total. The van der Waals surface area contributed by atoms with Crippen molar-refractivity contribution < 1.29 is 24.1 Å². The summed E-state index contributed by atoms with van der Waals surface area (Å²) in [6.07, 6.45) is 8.88. The molecule has 4 bridgehead atoms. The molecular formula is C29H31N5O5. The molecule has 7 aliphatic rings. The topological polar surface area (TPSA) is 121 Å². The van der Waals surface area contributed by atoms with Crippen molar-refractivity contribution in [3.63, 3.8) is 0 Å². The summed E-state index contributed by atoms with van der Waals surface area (Å²) >= 11 is 0. The number of carboxylic acid groups (broad SMARTS) is 1. The number of nitrogens with one attached hydrogen (secondary N) is 1. The molecule has 2 aliphatic heterocycles. The van der Waals surface area contributed by atoms with Crippen molar-refractivity contribution in [3.05, 3.63) is 48.0 Å². The Bertz CT molecular complexity index is 1440. The molecule has 1 spiro atoms. The third kappa shape index (κ3) is 3.31. The number of carbonyl (C=O) groups is 1. The molecule has 4 heterocycles. The van der Waals surface area contributed by atoms with Gasteiger partial charge in [0.05, 0.1) is 6.33 Å². The Morgan fingerprint density at radius 2 is 1.62 bits per heavy atom. The van der Waals surface area contributed by atoms with E-state index in [1.807, 2.05) is 12.1 Å². The van der Waals surface area contributed by atoms with Gasteiger partial charge in [-0.25, -0.2) is 19.7 Å². The maximum Gasteiger partial charge on any atom is 0.335 e. The van der Waals surface area contributed by atoms with Crippen molar-refractivity contribution in [2.75, 3.05) is 5.32 Å². The molecule has 4 atom stereocenters. The fraction of sp³-hybridized carbons (Fsp3) is 0.586. The maximum atomic E-state index is 12.2. The second-order valence-corrected chi connectivity index (χ2v) is 12.9. The van der Waals surface area contributed by atoms with E-state index < -0.39 is 36.3 Å². The highest BCUT2D eigenvalue weighted by Gasteiger charge is 2.62. The van der Waals surface area contributed by atoms with Gasteiger partial charge in [-0.05, 0) is 67.4 Å². The quantitative estimate of drug-likeness (QED) is 0.523. The Morgan fingerprint density at radius 3 is 2.28 bits per heavy atom. The minimum Gasteiger partial charge on any atom is -0.479 e. The van der Waals surface area contributed by atoms with E-state index >= 15 is 0 Å². The SMILES string of the molecule is O=C(O)[C@H]1O[C@@H](n2cnc3c(NC45CC6CC(CC(C6)C4)C5)ncnc32)[C@H]2OC3(Cc4ccccc4C3)OC12. The van der Waals surface area contributed by atoms with E-state index in [-0.39, 0.29) is 5.54 Å². The Kier molecular flexibility index (Phi) is 4.52. The molecule has 10 rings (SSSR count). The average molecular weight is 530 g/mol. The van der Waals surface area contributed by atoms with Gasteiger partial charge in [-0.3, -0.25) is 4.57 Å². The van der Waals surface area contributed by atoms with Crippen LogP contribution in [0.2, 0.25) is 0 Å². The third-order valence-corrected chi connectivity index (χ3v) is 10.2. The van der Waals surface area contributed by atoms with Crippen molar-refractivity contribution in [3.8, 4) is 0 Å². The zero-order valence-corrected chi connectivity index (χ0v) is 21.5. The second-order valence-electron chi connectivity index (χ2n) is 12.9. The molecule has 2 N–H and O–H groups in total. The number of ether oxygens (including phenoxy) is 3. The largest absolute Gasteiger partial charge is 0.479 e. The Morgan fingerprint density at radius 1 is 0.949 bits per heavy atom. The first-order valence-electron chi connectivity index (χ1n) is 14.2. The van der Waals surface area contributed by atoms with Crippen molar-refractivity contribution in [2.24, 2.45) is 17.8 Å². The van der Waals surface area contributed by atoms with Crippen LogP contribution in [0.25, 0.3) is 11.2 Å². The van der Waals surface area contributed by atoms with Crippen LogP contribution in [-0.2, 0) is 31.8 Å². The van der Waals surface area contributed by atoms with E-state index in [4.69, 9.17) is 19.2 Å². The summed E-state index contributed by atoms with van der Waals surface area (Å²) in [4.78, 5) is 26.1. The van der Waals surface area contributed by atoms with Gasteiger partial charge in [-0.1, -0.05) is 24.3 Å². The molecule has 4 saturated carbocycles. The van der Waals surface area contributed by atoms with Gasteiger partial charge in [0, 0.05) is 18.4 Å². The first kappa shape index (κ1) is 22.7. The molecule has 0 radical (unpaired) electrons. The number of hydrogen-bond acceptors (Lipinski definition) is 8. The van der Waals surface area contributed by atoms with Gasteiger partial charge in [-0.15, -0.1) is 0 Å². The highest BCUT2D eigenvalue weighted by molar-refractivity contribution is 5.83. The predicted molar refractivity (Wildman–Crippen MR) is 138 cm³/mol. The number of benzene rings is 1. The lowest BCUT2D eigenvalue weighted by Crippen LogP contribution is -2.54. The molecule has 0 amide bonds. The summed E-state index contributed by atoms with van der Waals surface area (Å²) < 4.78 is 20.9. The van der Waals surface area contributed by atoms with Crippen LogP contribution in [0.15, 0.2) is 36.9 Å². The number of aromatic nitrogens is 4. The minimum atomic E-state index is -1.15. The van der Waals surface area contributed by atoms with Gasteiger partial charge in [-0.2, -0.15) is 0 Å². The van der Waals surface area contributed by atoms with E-state index in [0.717, 1.165) is 23.6 Å². The van der Waals surface area contributed by atoms with Gasteiger partial charge in [0.15, 0.2) is 35.1 Å². The summed E-state index contributed by atoms with van der Waals surface area (Å²) in [6, 6.07) is 8.16. The van der Waals surface area contributed by atoms with Crippen LogP contribution < -0.4 is 5.32 Å². The van der Waals surface area contributed by atoms with Gasteiger partial charge >= 0.3 is 5.97 Å². The lowest BCUT2D eigenvalue weighted by molar-refractivity contribution is -0.214. The lowest BCUT2D eigenvalue weighted by Gasteiger charge is -2.57. The van der Waals surface area contributed by atoms with Crippen molar-refractivity contribution in [2.45, 2.75) is 87.2 Å². The molecule has 1 unspecified atom stereocenters. The first-order valence-corrected chi connectivity index (χ1v) is 14.2. The van der Waals surface area contributed by atoms with Crippen molar-refractivity contribution >= 4 is 23.0 Å². The van der Waals surface area contributed by atoms with E-state index in [1.165, 1.54) is 49.7 Å². The molecule has 39 heavy (non-hydrogen) atoms. The third-order valence-electron chi connectivity index (χ3n) is 10.2. The summed E-state index contributed by atoms with van der Waals surface area (Å²) in [5.74, 6) is 1.23. The molecule has 10 heteroatoms. The van der Waals surface area contributed by atoms with Gasteiger partial charge in [0.2, 0.25) is 0 Å².